The highest BCUT2D eigenvalue weighted by atomic mass is 35.5. The molecule has 0 aliphatic heterocycles. The first kappa shape index (κ1) is 17.2. The number of ether oxygens (including phenoxy) is 1. The third-order valence-electron chi connectivity index (χ3n) is 2.96. The number of nitriles is 1. The smallest absolute Gasteiger partial charge is 0.311 e. The van der Waals surface area contributed by atoms with Crippen LogP contribution in [0.4, 0.5) is 5.69 Å². The average molecular weight is 312 g/mol. The molecule has 0 radical (unpaired) electrons. The second-order valence-electron chi connectivity index (χ2n) is 4.98. The number of hydrogen-bond donors (Lipinski definition) is 1. The number of nitrogens with zero attached hydrogens (tertiary/aromatic N) is 2. The Bertz CT molecular complexity index is 559. The molecule has 21 heavy (non-hydrogen) atoms. The molecule has 0 aliphatic carbocycles. The maximum absolute atomic E-state index is 11.0. The second-order valence-corrected chi connectivity index (χ2v) is 5.41. The van der Waals surface area contributed by atoms with Crippen molar-refractivity contribution in [1.29, 1.82) is 5.26 Å². The predicted molar refractivity (Wildman–Crippen MR) is 80.5 cm³/mol. The molecular formula is C14H18ClN3O3. The van der Waals surface area contributed by atoms with Crippen LogP contribution < -0.4 is 10.1 Å². The summed E-state index contributed by atoms with van der Waals surface area (Å²) in [6.45, 7) is 6.08. The quantitative estimate of drug-likeness (QED) is 0.616. The van der Waals surface area contributed by atoms with Crippen LogP contribution in [0.3, 0.4) is 0 Å². The molecule has 0 saturated heterocycles. The Hall–Kier alpha value is -1.84. The summed E-state index contributed by atoms with van der Waals surface area (Å²) in [4.78, 5) is 10.5. The topological polar surface area (TPSA) is 88.2 Å². The van der Waals surface area contributed by atoms with Crippen molar-refractivity contribution in [2.45, 2.75) is 38.8 Å². The molecule has 0 aromatic heterocycles. The van der Waals surface area contributed by atoms with Gasteiger partial charge in [0.1, 0.15) is 5.54 Å². The first-order valence-electron chi connectivity index (χ1n) is 6.58. The van der Waals surface area contributed by atoms with Gasteiger partial charge in [-0.3, -0.25) is 15.4 Å². The molecule has 1 aromatic rings. The molecule has 2 unspecified atom stereocenters. The molecule has 114 valence electrons. The van der Waals surface area contributed by atoms with Crippen molar-refractivity contribution in [2.24, 2.45) is 0 Å². The number of halogens is 1. The van der Waals surface area contributed by atoms with E-state index in [0.717, 1.165) is 0 Å². The van der Waals surface area contributed by atoms with Crippen LogP contribution in [-0.2, 0) is 0 Å². The van der Waals surface area contributed by atoms with Gasteiger partial charge in [-0.05, 0) is 26.5 Å². The number of hydrogen-bond acceptors (Lipinski definition) is 5. The molecule has 1 N–H and O–H groups in total. The lowest BCUT2D eigenvalue weighted by molar-refractivity contribution is -0.386. The fourth-order valence-electron chi connectivity index (χ4n) is 2.11. The minimum Gasteiger partial charge on any atom is -0.484 e. The van der Waals surface area contributed by atoms with E-state index in [0.29, 0.717) is 18.0 Å². The molecule has 1 rings (SSSR count). The van der Waals surface area contributed by atoms with Crippen LogP contribution in [0.15, 0.2) is 18.2 Å². The number of nitrogens with one attached hydrogen (secondary N) is 1. The first-order valence-corrected chi connectivity index (χ1v) is 6.96. The molecule has 0 fully saturated rings. The van der Waals surface area contributed by atoms with Crippen LogP contribution in [0.25, 0.3) is 0 Å². The highest BCUT2D eigenvalue weighted by Crippen LogP contribution is 2.31. The lowest BCUT2D eigenvalue weighted by Gasteiger charge is -2.26. The van der Waals surface area contributed by atoms with Crippen LogP contribution >= 0.6 is 11.6 Å². The minimum absolute atomic E-state index is 0.108. The Kier molecular flexibility index (Phi) is 5.94. The summed E-state index contributed by atoms with van der Waals surface area (Å²) in [6, 6.07) is 6.35. The third-order valence-corrected chi connectivity index (χ3v) is 3.19. The zero-order valence-corrected chi connectivity index (χ0v) is 13.0. The van der Waals surface area contributed by atoms with E-state index in [4.69, 9.17) is 16.3 Å². The molecule has 0 saturated carbocycles. The maximum atomic E-state index is 11.0. The lowest BCUT2D eigenvalue weighted by atomic mass is 9.96. The van der Waals surface area contributed by atoms with Crippen molar-refractivity contribution in [3.8, 4) is 11.8 Å². The van der Waals surface area contributed by atoms with Crippen molar-refractivity contribution < 1.29 is 9.66 Å². The molecular weight excluding hydrogens is 294 g/mol. The van der Waals surface area contributed by atoms with Gasteiger partial charge in [0.2, 0.25) is 0 Å². The van der Waals surface area contributed by atoms with Gasteiger partial charge in [0.25, 0.3) is 0 Å². The van der Waals surface area contributed by atoms with Crippen molar-refractivity contribution >= 4 is 17.3 Å². The molecule has 1 aromatic carbocycles. The third kappa shape index (κ3) is 4.88. The zero-order valence-electron chi connectivity index (χ0n) is 12.2. The van der Waals surface area contributed by atoms with Gasteiger partial charge >= 0.3 is 5.69 Å². The van der Waals surface area contributed by atoms with Gasteiger partial charge in [-0.2, -0.15) is 5.26 Å². The van der Waals surface area contributed by atoms with E-state index in [9.17, 15) is 15.4 Å². The number of rotatable bonds is 7. The predicted octanol–water partition coefficient (Wildman–Crippen LogP) is 3.30. The Labute approximate surface area is 128 Å². The largest absolute Gasteiger partial charge is 0.484 e. The molecule has 0 amide bonds. The van der Waals surface area contributed by atoms with E-state index in [1.54, 1.807) is 13.8 Å². The van der Waals surface area contributed by atoms with Gasteiger partial charge in [-0.1, -0.05) is 18.5 Å². The summed E-state index contributed by atoms with van der Waals surface area (Å²) < 4.78 is 5.61. The van der Waals surface area contributed by atoms with Gasteiger partial charge in [0.15, 0.2) is 5.75 Å². The standard InChI is InChI=1S/C14H18ClN3O3/c1-4-17-14(3,9-16)8-10(2)21-13-7-11(15)5-6-12(13)18(19)20/h5-7,10,17H,4,8H2,1-3H3. The van der Waals surface area contributed by atoms with Gasteiger partial charge in [-0.25, -0.2) is 0 Å². The molecule has 0 heterocycles. The summed E-state index contributed by atoms with van der Waals surface area (Å²) >= 11 is 5.85. The number of nitro benzene ring substituents is 1. The molecule has 0 bridgehead atoms. The van der Waals surface area contributed by atoms with Crippen LogP contribution in [0, 0.1) is 21.4 Å². The first-order chi connectivity index (χ1) is 9.81. The van der Waals surface area contributed by atoms with Crippen molar-refractivity contribution in [2.75, 3.05) is 6.54 Å². The van der Waals surface area contributed by atoms with Gasteiger partial charge in [0, 0.05) is 23.6 Å². The number of benzene rings is 1. The monoisotopic (exact) mass is 311 g/mol. The Morgan fingerprint density at radius 2 is 2.29 bits per heavy atom. The summed E-state index contributed by atoms with van der Waals surface area (Å²) in [7, 11) is 0. The average Bonchev–Trinajstić information content (AvgIpc) is 2.38. The van der Waals surface area contributed by atoms with E-state index >= 15 is 0 Å². The highest BCUT2D eigenvalue weighted by molar-refractivity contribution is 6.30. The number of nitro groups is 1. The lowest BCUT2D eigenvalue weighted by Crippen LogP contribution is -2.44. The Morgan fingerprint density at radius 1 is 1.62 bits per heavy atom. The van der Waals surface area contributed by atoms with E-state index in [2.05, 4.69) is 11.4 Å². The van der Waals surface area contributed by atoms with E-state index in [1.165, 1.54) is 18.2 Å². The van der Waals surface area contributed by atoms with Crippen LogP contribution in [0.5, 0.6) is 5.75 Å². The van der Waals surface area contributed by atoms with Gasteiger partial charge < -0.3 is 4.74 Å². The zero-order chi connectivity index (χ0) is 16.0. The summed E-state index contributed by atoms with van der Waals surface area (Å²) in [5.41, 5.74) is -0.894. The van der Waals surface area contributed by atoms with Crippen molar-refractivity contribution in [3.05, 3.63) is 33.3 Å². The minimum atomic E-state index is -0.748. The van der Waals surface area contributed by atoms with Crippen LogP contribution in [0.2, 0.25) is 5.02 Å². The fourth-order valence-corrected chi connectivity index (χ4v) is 2.28. The highest BCUT2D eigenvalue weighted by Gasteiger charge is 2.27. The summed E-state index contributed by atoms with van der Waals surface area (Å²) in [5.74, 6) is 0.108. The second kappa shape index (κ2) is 7.25. The van der Waals surface area contributed by atoms with Gasteiger partial charge in [0.05, 0.1) is 17.1 Å². The van der Waals surface area contributed by atoms with E-state index in [-0.39, 0.29) is 17.5 Å². The SMILES string of the molecule is CCNC(C)(C#N)CC(C)Oc1cc(Cl)ccc1[N+](=O)[O-]. The maximum Gasteiger partial charge on any atom is 0.311 e. The molecule has 0 spiro atoms. The normalized spacial score (nSPS) is 14.8. The summed E-state index contributed by atoms with van der Waals surface area (Å²) in [6.07, 6.45) is 0.00643. The Balaban J connectivity index is 2.88. The van der Waals surface area contributed by atoms with E-state index < -0.39 is 10.5 Å². The van der Waals surface area contributed by atoms with Crippen molar-refractivity contribution in [3.63, 3.8) is 0 Å². The molecule has 0 aliphatic rings. The van der Waals surface area contributed by atoms with Crippen molar-refractivity contribution in [1.82, 2.24) is 5.32 Å². The summed E-state index contributed by atoms with van der Waals surface area (Å²) in [5, 5.41) is 23.6. The molecule has 2 atom stereocenters. The van der Waals surface area contributed by atoms with Crippen LogP contribution in [0.1, 0.15) is 27.2 Å². The molecule has 6 nitrogen and oxygen atoms in total. The molecule has 7 heteroatoms. The van der Waals surface area contributed by atoms with Gasteiger partial charge in [-0.15, -0.1) is 0 Å². The fraction of sp³-hybridized carbons (Fsp3) is 0.500. The van der Waals surface area contributed by atoms with E-state index in [1.807, 2.05) is 6.92 Å². The van der Waals surface area contributed by atoms with Crippen LogP contribution in [-0.4, -0.2) is 23.1 Å². The Morgan fingerprint density at radius 3 is 2.81 bits per heavy atom.